The van der Waals surface area contributed by atoms with Gasteiger partial charge in [-0.25, -0.2) is 13.1 Å². The van der Waals surface area contributed by atoms with Crippen LogP contribution in [-0.4, -0.2) is 21.1 Å². The van der Waals surface area contributed by atoms with Crippen molar-refractivity contribution in [3.8, 4) is 6.07 Å². The number of rotatable bonds is 5. The quantitative estimate of drug-likeness (QED) is 0.640. The highest BCUT2D eigenvalue weighted by atomic mass is 32.2. The molecule has 9 heteroatoms. The molecule has 1 rings (SSSR count). The fourth-order valence-corrected chi connectivity index (χ4v) is 2.62. The summed E-state index contributed by atoms with van der Waals surface area (Å²) >= 11 is 0. The second-order valence-corrected chi connectivity index (χ2v) is 5.72. The summed E-state index contributed by atoms with van der Waals surface area (Å²) in [5, 5.41) is 8.63. The van der Waals surface area contributed by atoms with Gasteiger partial charge >= 0.3 is 6.18 Å². The molecule has 0 amide bonds. The average Bonchev–Trinajstić information content (AvgIpc) is 2.33. The van der Waals surface area contributed by atoms with Crippen molar-refractivity contribution in [1.29, 1.82) is 5.26 Å². The van der Waals surface area contributed by atoms with E-state index in [4.69, 9.17) is 11.0 Å². The molecule has 0 saturated carbocycles. The third kappa shape index (κ3) is 4.71. The summed E-state index contributed by atoms with van der Waals surface area (Å²) in [6.07, 6.45) is -5.75. The maximum absolute atomic E-state index is 11.9. The molecule has 0 aliphatic heterocycles. The van der Waals surface area contributed by atoms with Gasteiger partial charge in [-0.1, -0.05) is 0 Å². The van der Waals surface area contributed by atoms with E-state index in [-0.39, 0.29) is 29.1 Å². The normalized spacial score (nSPS) is 12.1. The number of sulfonamides is 1. The van der Waals surface area contributed by atoms with Crippen molar-refractivity contribution in [3.05, 3.63) is 23.8 Å². The van der Waals surface area contributed by atoms with E-state index < -0.39 is 22.6 Å². The lowest BCUT2D eigenvalue weighted by Gasteiger charge is -2.10. The van der Waals surface area contributed by atoms with Crippen molar-refractivity contribution in [2.24, 2.45) is 0 Å². The molecule has 0 unspecified atom stereocenters. The first-order chi connectivity index (χ1) is 9.15. The van der Waals surface area contributed by atoms with Gasteiger partial charge in [-0.15, -0.1) is 0 Å². The van der Waals surface area contributed by atoms with Crippen LogP contribution in [0.15, 0.2) is 23.1 Å². The number of hydrogen-bond donors (Lipinski definition) is 2. The fourth-order valence-electron chi connectivity index (χ4n) is 1.44. The lowest BCUT2D eigenvalue weighted by Crippen LogP contribution is -2.26. The molecule has 0 atom stereocenters. The molecule has 1 aromatic carbocycles. The van der Waals surface area contributed by atoms with E-state index in [1.807, 2.05) is 4.72 Å². The maximum atomic E-state index is 11.9. The number of nitriles is 1. The van der Waals surface area contributed by atoms with Crippen molar-refractivity contribution in [2.45, 2.75) is 23.9 Å². The molecule has 0 heterocycles. The van der Waals surface area contributed by atoms with Gasteiger partial charge in [0.25, 0.3) is 0 Å². The minimum Gasteiger partial charge on any atom is -0.398 e. The van der Waals surface area contributed by atoms with Crippen LogP contribution in [0.4, 0.5) is 18.9 Å². The Morgan fingerprint density at radius 1 is 1.35 bits per heavy atom. The molecule has 0 bridgehead atoms. The molecule has 1 aromatic rings. The van der Waals surface area contributed by atoms with E-state index in [0.717, 1.165) is 6.07 Å². The van der Waals surface area contributed by atoms with E-state index in [1.165, 1.54) is 12.1 Å². The number of nitrogens with zero attached hydrogens (tertiary/aromatic N) is 1. The number of alkyl halides is 3. The number of benzene rings is 1. The van der Waals surface area contributed by atoms with Crippen LogP contribution in [0.25, 0.3) is 0 Å². The number of anilines is 1. The molecule has 3 N–H and O–H groups in total. The van der Waals surface area contributed by atoms with Gasteiger partial charge < -0.3 is 5.73 Å². The first kappa shape index (κ1) is 16.3. The van der Waals surface area contributed by atoms with Crippen molar-refractivity contribution in [1.82, 2.24) is 4.72 Å². The summed E-state index contributed by atoms with van der Waals surface area (Å²) in [4.78, 5) is -0.261. The Bertz CT molecular complexity index is 621. The van der Waals surface area contributed by atoms with E-state index in [9.17, 15) is 21.6 Å². The highest BCUT2D eigenvalue weighted by Gasteiger charge is 2.26. The molecule has 20 heavy (non-hydrogen) atoms. The van der Waals surface area contributed by atoms with Crippen LogP contribution >= 0.6 is 0 Å². The van der Waals surface area contributed by atoms with Crippen molar-refractivity contribution in [2.75, 3.05) is 12.3 Å². The molecular formula is C11H12F3N3O2S. The van der Waals surface area contributed by atoms with Crippen LogP contribution in [0.5, 0.6) is 0 Å². The summed E-state index contributed by atoms with van der Waals surface area (Å²) < 4.78 is 61.4. The van der Waals surface area contributed by atoms with E-state index in [2.05, 4.69) is 0 Å². The molecule has 5 nitrogen and oxygen atoms in total. The van der Waals surface area contributed by atoms with Crippen LogP contribution in [0.3, 0.4) is 0 Å². The Hall–Kier alpha value is -1.79. The van der Waals surface area contributed by atoms with Crippen LogP contribution in [0.1, 0.15) is 18.4 Å². The Morgan fingerprint density at radius 2 is 2.00 bits per heavy atom. The summed E-state index contributed by atoms with van der Waals surface area (Å²) in [5.74, 6) is 0. The maximum Gasteiger partial charge on any atom is 0.389 e. The van der Waals surface area contributed by atoms with Crippen LogP contribution < -0.4 is 10.5 Å². The molecule has 0 saturated heterocycles. The van der Waals surface area contributed by atoms with E-state index >= 15 is 0 Å². The Labute approximate surface area is 114 Å². The van der Waals surface area contributed by atoms with Crippen LogP contribution in [0, 0.1) is 11.3 Å². The van der Waals surface area contributed by atoms with Crippen molar-refractivity contribution < 1.29 is 21.6 Å². The van der Waals surface area contributed by atoms with Gasteiger partial charge in [-0.05, 0) is 24.6 Å². The summed E-state index contributed by atoms with van der Waals surface area (Å²) in [7, 11) is -3.99. The SMILES string of the molecule is N#Cc1ccc(S(=O)(=O)NCCCC(F)(F)F)c(N)c1. The van der Waals surface area contributed by atoms with E-state index in [0.29, 0.717) is 0 Å². The minimum absolute atomic E-state index is 0.132. The lowest BCUT2D eigenvalue weighted by atomic mass is 10.2. The van der Waals surface area contributed by atoms with Gasteiger partial charge in [-0.3, -0.25) is 0 Å². The monoisotopic (exact) mass is 307 g/mol. The zero-order valence-electron chi connectivity index (χ0n) is 10.2. The smallest absolute Gasteiger partial charge is 0.389 e. The van der Waals surface area contributed by atoms with Crippen molar-refractivity contribution in [3.63, 3.8) is 0 Å². The zero-order chi connectivity index (χ0) is 15.4. The highest BCUT2D eigenvalue weighted by Crippen LogP contribution is 2.22. The van der Waals surface area contributed by atoms with Crippen molar-refractivity contribution >= 4 is 15.7 Å². The third-order valence-electron chi connectivity index (χ3n) is 2.36. The van der Waals surface area contributed by atoms with Gasteiger partial charge in [0.2, 0.25) is 10.0 Å². The first-order valence-electron chi connectivity index (χ1n) is 5.52. The third-order valence-corrected chi connectivity index (χ3v) is 3.89. The summed E-state index contributed by atoms with van der Waals surface area (Å²) in [6, 6.07) is 5.38. The minimum atomic E-state index is -4.32. The fraction of sp³-hybridized carbons (Fsp3) is 0.364. The molecule has 0 spiro atoms. The number of halogens is 3. The second-order valence-electron chi connectivity index (χ2n) is 3.98. The van der Waals surface area contributed by atoms with Gasteiger partial charge in [-0.2, -0.15) is 18.4 Å². The standard InChI is InChI=1S/C11H12F3N3O2S/c12-11(13,14)4-1-5-17-20(18,19)10-3-2-8(7-15)6-9(10)16/h2-3,6,17H,1,4-5,16H2. The topological polar surface area (TPSA) is 96.0 Å². The number of nitrogens with one attached hydrogen (secondary N) is 1. The van der Waals surface area contributed by atoms with Gasteiger partial charge in [0.1, 0.15) is 4.90 Å². The molecule has 0 aliphatic carbocycles. The average molecular weight is 307 g/mol. The largest absolute Gasteiger partial charge is 0.398 e. The first-order valence-corrected chi connectivity index (χ1v) is 7.00. The number of nitrogens with two attached hydrogens (primary N) is 1. The summed E-state index contributed by atoms with van der Waals surface area (Å²) in [6.45, 7) is -0.346. The molecular weight excluding hydrogens is 295 g/mol. The highest BCUT2D eigenvalue weighted by molar-refractivity contribution is 7.89. The molecule has 0 aliphatic rings. The molecule has 0 aromatic heterocycles. The van der Waals surface area contributed by atoms with Gasteiger partial charge in [0.15, 0.2) is 0 Å². The predicted molar refractivity (Wildman–Crippen MR) is 66.0 cm³/mol. The molecule has 0 radical (unpaired) electrons. The Kier molecular flexibility index (Phi) is 4.97. The lowest BCUT2D eigenvalue weighted by molar-refractivity contribution is -0.135. The molecule has 110 valence electrons. The number of nitrogen functional groups attached to an aromatic ring is 1. The Balaban J connectivity index is 2.73. The predicted octanol–water partition coefficient (Wildman–Crippen LogP) is 1.76. The van der Waals surface area contributed by atoms with E-state index in [1.54, 1.807) is 6.07 Å². The van der Waals surface area contributed by atoms with Gasteiger partial charge in [0.05, 0.1) is 17.3 Å². The number of hydrogen-bond acceptors (Lipinski definition) is 4. The molecule has 0 fully saturated rings. The zero-order valence-corrected chi connectivity index (χ0v) is 11.1. The Morgan fingerprint density at radius 3 is 2.50 bits per heavy atom. The van der Waals surface area contributed by atoms with Gasteiger partial charge in [0, 0.05) is 13.0 Å². The van der Waals surface area contributed by atoms with Crippen LogP contribution in [-0.2, 0) is 10.0 Å². The summed E-state index contributed by atoms with van der Waals surface area (Å²) in [5.41, 5.74) is 5.57. The second kappa shape index (κ2) is 6.11. The van der Waals surface area contributed by atoms with Crippen LogP contribution in [0.2, 0.25) is 0 Å².